The number of aromatic nitrogens is 4. The van der Waals surface area contributed by atoms with Crippen molar-refractivity contribution in [3.05, 3.63) is 64.8 Å². The molecule has 1 aliphatic carbocycles. The first-order valence-electron chi connectivity index (χ1n) is 9.97. The molecule has 0 radical (unpaired) electrons. The van der Waals surface area contributed by atoms with E-state index < -0.39 is 23.7 Å². The van der Waals surface area contributed by atoms with Crippen LogP contribution in [0.4, 0.5) is 18.9 Å². The van der Waals surface area contributed by atoms with Gasteiger partial charge in [-0.2, -0.15) is 36.4 Å². The summed E-state index contributed by atoms with van der Waals surface area (Å²) in [6, 6.07) is 5.21. The Morgan fingerprint density at radius 3 is 2.53 bits per heavy atom. The van der Waals surface area contributed by atoms with Gasteiger partial charge in [0.2, 0.25) is 5.91 Å². The van der Waals surface area contributed by atoms with Gasteiger partial charge < -0.3 is 10.6 Å². The Morgan fingerprint density at radius 2 is 1.91 bits per heavy atom. The van der Waals surface area contributed by atoms with Crippen LogP contribution in [0.2, 0.25) is 5.02 Å². The third-order valence-corrected chi connectivity index (χ3v) is 5.20. The largest absolute Gasteiger partial charge is 0.416 e. The second-order valence-electron chi connectivity index (χ2n) is 7.62. The summed E-state index contributed by atoms with van der Waals surface area (Å²) in [5, 5.41) is 9.29. The fraction of sp³-hybridized carbons (Fsp3) is 0.286. The fourth-order valence-corrected chi connectivity index (χ4v) is 3.36. The lowest BCUT2D eigenvalue weighted by atomic mass is 10.1. The number of carbonyl (C=O) groups excluding carboxylic acids is 2. The standard InChI is InChI=1S/C21H18ClF3N6O2.H2S/c1-11(29-20(33)13-6-14(21(23,24)25)8-15(22)7-13)18-27-10-28-31(18)17-5-4-16(9-26-17)30-19(32)12-2-3-12;/h4-12H,2-3H2,1H3,(H,29,33)(H,30,32);1H2/t11-;/m0./s1. The van der Waals surface area contributed by atoms with Gasteiger partial charge in [0.25, 0.3) is 5.91 Å². The van der Waals surface area contributed by atoms with E-state index in [1.54, 1.807) is 19.1 Å². The highest BCUT2D eigenvalue weighted by atomic mass is 35.5. The van der Waals surface area contributed by atoms with Gasteiger partial charge in [-0.05, 0) is 50.1 Å². The lowest BCUT2D eigenvalue weighted by Gasteiger charge is -2.15. The topological polar surface area (TPSA) is 102 Å². The van der Waals surface area contributed by atoms with Gasteiger partial charge in [0, 0.05) is 16.5 Å². The number of benzene rings is 1. The number of rotatable bonds is 6. The minimum Gasteiger partial charge on any atom is -0.342 e. The number of carbonyl (C=O) groups is 2. The molecule has 0 saturated heterocycles. The van der Waals surface area contributed by atoms with Crippen molar-refractivity contribution in [3.63, 3.8) is 0 Å². The molecular weight excluding hydrogens is 493 g/mol. The predicted molar refractivity (Wildman–Crippen MR) is 123 cm³/mol. The van der Waals surface area contributed by atoms with Gasteiger partial charge >= 0.3 is 6.18 Å². The summed E-state index contributed by atoms with van der Waals surface area (Å²) in [4.78, 5) is 32.9. The number of nitrogens with zero attached hydrogens (tertiary/aromatic N) is 4. The van der Waals surface area contributed by atoms with Crippen molar-refractivity contribution in [1.29, 1.82) is 0 Å². The number of hydrogen-bond donors (Lipinski definition) is 2. The van der Waals surface area contributed by atoms with Gasteiger partial charge in [-0.1, -0.05) is 11.6 Å². The Hall–Kier alpha value is -3.12. The van der Waals surface area contributed by atoms with Crippen LogP contribution in [-0.2, 0) is 11.0 Å². The number of halogens is 4. The molecule has 8 nitrogen and oxygen atoms in total. The number of nitrogens with one attached hydrogen (secondary N) is 2. The van der Waals surface area contributed by atoms with Gasteiger partial charge in [0.1, 0.15) is 6.33 Å². The smallest absolute Gasteiger partial charge is 0.342 e. The van der Waals surface area contributed by atoms with Gasteiger partial charge in [-0.25, -0.2) is 9.97 Å². The van der Waals surface area contributed by atoms with E-state index in [9.17, 15) is 22.8 Å². The molecule has 3 aromatic rings. The lowest BCUT2D eigenvalue weighted by molar-refractivity contribution is -0.137. The third kappa shape index (κ3) is 5.86. The maximum atomic E-state index is 13.0. The second-order valence-corrected chi connectivity index (χ2v) is 8.06. The molecule has 1 atom stereocenters. The van der Waals surface area contributed by atoms with Crippen molar-refractivity contribution in [3.8, 4) is 5.82 Å². The van der Waals surface area contributed by atoms with Crippen molar-refractivity contribution in [2.24, 2.45) is 5.92 Å². The van der Waals surface area contributed by atoms with Gasteiger partial charge in [-0.15, -0.1) is 0 Å². The van der Waals surface area contributed by atoms with Crippen LogP contribution in [-0.4, -0.2) is 31.6 Å². The van der Waals surface area contributed by atoms with Crippen molar-refractivity contribution in [1.82, 2.24) is 25.1 Å². The summed E-state index contributed by atoms with van der Waals surface area (Å²) in [6.45, 7) is 1.61. The van der Waals surface area contributed by atoms with Crippen LogP contribution in [0.25, 0.3) is 5.82 Å². The second kappa shape index (κ2) is 10.0. The predicted octanol–water partition coefficient (Wildman–Crippen LogP) is 4.29. The quantitative estimate of drug-likeness (QED) is 0.513. The Bertz CT molecular complexity index is 1200. The number of anilines is 1. The molecule has 0 aliphatic heterocycles. The van der Waals surface area contributed by atoms with E-state index in [0.717, 1.165) is 31.0 Å². The fourth-order valence-electron chi connectivity index (χ4n) is 3.13. The van der Waals surface area contributed by atoms with E-state index >= 15 is 0 Å². The molecule has 1 saturated carbocycles. The van der Waals surface area contributed by atoms with Crippen LogP contribution in [0.3, 0.4) is 0 Å². The van der Waals surface area contributed by atoms with E-state index in [2.05, 4.69) is 25.7 Å². The van der Waals surface area contributed by atoms with Crippen LogP contribution in [0.1, 0.15) is 47.6 Å². The highest BCUT2D eigenvalue weighted by Gasteiger charge is 2.32. The Balaban J connectivity index is 0.00000324. The zero-order valence-electron chi connectivity index (χ0n) is 17.7. The molecule has 34 heavy (non-hydrogen) atoms. The van der Waals surface area contributed by atoms with Gasteiger partial charge in [0.05, 0.1) is 23.5 Å². The van der Waals surface area contributed by atoms with E-state index in [4.69, 9.17) is 11.6 Å². The summed E-state index contributed by atoms with van der Waals surface area (Å²) in [5.41, 5.74) is -0.712. The molecule has 1 aromatic carbocycles. The third-order valence-electron chi connectivity index (χ3n) is 4.98. The molecule has 180 valence electrons. The minimum atomic E-state index is -4.64. The molecule has 1 fully saturated rings. The first-order chi connectivity index (χ1) is 15.6. The van der Waals surface area contributed by atoms with Crippen LogP contribution >= 0.6 is 25.1 Å². The van der Waals surface area contributed by atoms with Crippen molar-refractivity contribution in [2.45, 2.75) is 32.0 Å². The lowest BCUT2D eigenvalue weighted by Crippen LogP contribution is -2.29. The van der Waals surface area contributed by atoms with Crippen LogP contribution < -0.4 is 10.6 Å². The van der Waals surface area contributed by atoms with Crippen LogP contribution in [0.15, 0.2) is 42.9 Å². The zero-order valence-corrected chi connectivity index (χ0v) is 19.5. The van der Waals surface area contributed by atoms with E-state index in [1.165, 1.54) is 17.2 Å². The monoisotopic (exact) mass is 512 g/mol. The first-order valence-corrected chi connectivity index (χ1v) is 10.4. The molecular formula is C21H20ClF3N6O2S. The number of pyridine rings is 1. The van der Waals surface area contributed by atoms with Crippen molar-refractivity contribution < 1.29 is 22.8 Å². The SMILES string of the molecule is C[C@H](NC(=O)c1cc(Cl)cc(C(F)(F)F)c1)c1ncnn1-c1ccc(NC(=O)C2CC2)cn1.S. The molecule has 2 N–H and O–H groups in total. The maximum Gasteiger partial charge on any atom is 0.416 e. The Labute approximate surface area is 204 Å². The Kier molecular flexibility index (Phi) is 7.51. The normalized spacial score (nSPS) is 14.1. The van der Waals surface area contributed by atoms with Gasteiger partial charge in [-0.3, -0.25) is 9.59 Å². The first kappa shape index (κ1) is 25.5. The minimum absolute atomic E-state index is 0. The van der Waals surface area contributed by atoms with E-state index in [1.807, 2.05) is 0 Å². The van der Waals surface area contributed by atoms with E-state index in [0.29, 0.717) is 17.3 Å². The molecule has 2 heterocycles. The number of amides is 2. The maximum absolute atomic E-state index is 13.0. The summed E-state index contributed by atoms with van der Waals surface area (Å²) < 4.78 is 40.5. The van der Waals surface area contributed by atoms with Gasteiger partial charge in [0.15, 0.2) is 11.6 Å². The summed E-state index contributed by atoms with van der Waals surface area (Å²) in [7, 11) is 0. The molecule has 2 amide bonds. The van der Waals surface area contributed by atoms with Crippen molar-refractivity contribution in [2.75, 3.05) is 5.32 Å². The number of hydrogen-bond acceptors (Lipinski definition) is 5. The molecule has 0 unspecified atom stereocenters. The highest BCUT2D eigenvalue weighted by Crippen LogP contribution is 2.32. The average molecular weight is 513 g/mol. The van der Waals surface area contributed by atoms with Crippen molar-refractivity contribution >= 4 is 42.6 Å². The number of alkyl halides is 3. The van der Waals surface area contributed by atoms with Crippen LogP contribution in [0.5, 0.6) is 0 Å². The van der Waals surface area contributed by atoms with Crippen LogP contribution in [0, 0.1) is 5.92 Å². The molecule has 13 heteroatoms. The molecule has 0 bridgehead atoms. The summed E-state index contributed by atoms with van der Waals surface area (Å²) >= 11 is 5.77. The average Bonchev–Trinajstić information content (AvgIpc) is 3.50. The molecule has 2 aromatic heterocycles. The molecule has 0 spiro atoms. The van der Waals surface area contributed by atoms with E-state index in [-0.39, 0.29) is 35.9 Å². The summed E-state index contributed by atoms with van der Waals surface area (Å²) in [5.74, 6) is -0.0465. The zero-order chi connectivity index (χ0) is 23.8. The summed E-state index contributed by atoms with van der Waals surface area (Å²) in [6.07, 6.45) is -0.119. The highest BCUT2D eigenvalue weighted by molar-refractivity contribution is 7.59. The Morgan fingerprint density at radius 1 is 1.18 bits per heavy atom. The molecule has 4 rings (SSSR count). The molecule has 1 aliphatic rings.